The molecule has 0 saturated carbocycles. The smallest absolute Gasteiger partial charge is 0.115 e. The normalized spacial score (nSPS) is 24.2. The second-order valence-corrected chi connectivity index (χ2v) is 8.02. The van der Waals surface area contributed by atoms with Gasteiger partial charge in [0.15, 0.2) is 0 Å². The van der Waals surface area contributed by atoms with Gasteiger partial charge >= 0.3 is 0 Å². The fourth-order valence-corrected chi connectivity index (χ4v) is 4.40. The fourth-order valence-electron chi connectivity index (χ4n) is 4.40. The summed E-state index contributed by atoms with van der Waals surface area (Å²) in [5, 5.41) is 19.2. The van der Waals surface area contributed by atoms with Crippen LogP contribution >= 0.6 is 0 Å². The topological polar surface area (TPSA) is 40.5 Å². The SMILES string of the molecule is C\C=C/C(O)=C\C=C(/C)C1=CCC(C2CC=C(c3ccc(O)cc3)CC2)CC1. The minimum Gasteiger partial charge on any atom is -0.508 e. The van der Waals surface area contributed by atoms with E-state index >= 15 is 0 Å². The van der Waals surface area contributed by atoms with Gasteiger partial charge in [-0.15, -0.1) is 0 Å². The third-order valence-electron chi connectivity index (χ3n) is 6.16. The second kappa shape index (κ2) is 9.64. The van der Waals surface area contributed by atoms with Gasteiger partial charge < -0.3 is 10.2 Å². The van der Waals surface area contributed by atoms with Gasteiger partial charge in [0.2, 0.25) is 0 Å². The lowest BCUT2D eigenvalue weighted by Gasteiger charge is -2.32. The van der Waals surface area contributed by atoms with Crippen LogP contribution in [0.15, 0.2) is 77.6 Å². The van der Waals surface area contributed by atoms with E-state index in [4.69, 9.17) is 0 Å². The molecule has 2 aliphatic rings. The molecule has 0 bridgehead atoms. The van der Waals surface area contributed by atoms with E-state index in [1.165, 1.54) is 41.5 Å². The van der Waals surface area contributed by atoms with Crippen molar-refractivity contribution in [2.75, 3.05) is 0 Å². The van der Waals surface area contributed by atoms with Crippen molar-refractivity contribution >= 4 is 5.57 Å². The standard InChI is InChI=1S/C26H32O2/c1-3-4-25(27)16-5-19(2)20-6-8-21(9-7-20)22-10-12-23(13-11-22)24-14-17-26(28)18-15-24/h3-6,12,14-18,21-22,27-28H,7-11,13H2,1-2H3/b4-3-,19-5+,25-16+. The number of phenols is 1. The van der Waals surface area contributed by atoms with Crippen LogP contribution in [0.5, 0.6) is 5.75 Å². The van der Waals surface area contributed by atoms with Crippen LogP contribution in [-0.4, -0.2) is 10.2 Å². The van der Waals surface area contributed by atoms with Crippen LogP contribution in [-0.2, 0) is 0 Å². The van der Waals surface area contributed by atoms with E-state index in [9.17, 15) is 10.2 Å². The van der Waals surface area contributed by atoms with E-state index in [0.717, 1.165) is 31.1 Å². The van der Waals surface area contributed by atoms with Crippen LogP contribution in [0.4, 0.5) is 0 Å². The van der Waals surface area contributed by atoms with Gasteiger partial charge in [-0.2, -0.15) is 0 Å². The number of aliphatic hydroxyl groups excluding tert-OH is 1. The van der Waals surface area contributed by atoms with Crippen LogP contribution in [0.2, 0.25) is 0 Å². The Morgan fingerprint density at radius 3 is 2.21 bits per heavy atom. The van der Waals surface area contributed by atoms with Gasteiger partial charge in [-0.05, 0) is 111 Å². The van der Waals surface area contributed by atoms with Gasteiger partial charge in [-0.25, -0.2) is 0 Å². The molecule has 0 aliphatic heterocycles. The molecule has 0 radical (unpaired) electrons. The summed E-state index contributed by atoms with van der Waals surface area (Å²) in [6.45, 7) is 4.04. The fraction of sp³-hybridized carbons (Fsp3) is 0.385. The summed E-state index contributed by atoms with van der Waals surface area (Å²) < 4.78 is 0. The first-order chi connectivity index (χ1) is 13.6. The van der Waals surface area contributed by atoms with E-state index in [2.05, 4.69) is 19.1 Å². The molecule has 0 aromatic heterocycles. The molecule has 148 valence electrons. The molecule has 1 aromatic rings. The van der Waals surface area contributed by atoms with Crippen molar-refractivity contribution in [3.8, 4) is 5.75 Å². The van der Waals surface area contributed by atoms with Gasteiger partial charge in [0.05, 0.1) is 0 Å². The number of allylic oxidation sites excluding steroid dienone is 9. The summed E-state index contributed by atoms with van der Waals surface area (Å²) >= 11 is 0. The number of aromatic hydroxyl groups is 1. The minimum absolute atomic E-state index is 0.301. The molecule has 1 aromatic carbocycles. The molecule has 0 spiro atoms. The first-order valence-corrected chi connectivity index (χ1v) is 10.4. The lowest BCUT2D eigenvalue weighted by atomic mass is 9.73. The summed E-state index contributed by atoms with van der Waals surface area (Å²) in [6.07, 6.45) is 19.3. The Labute approximate surface area is 169 Å². The number of hydrogen-bond donors (Lipinski definition) is 2. The molecule has 0 fully saturated rings. The van der Waals surface area contributed by atoms with E-state index in [1.807, 2.05) is 31.2 Å². The van der Waals surface area contributed by atoms with E-state index in [-0.39, 0.29) is 0 Å². The van der Waals surface area contributed by atoms with Crippen LogP contribution in [0, 0.1) is 11.8 Å². The maximum absolute atomic E-state index is 9.72. The van der Waals surface area contributed by atoms with Crippen LogP contribution in [0.3, 0.4) is 0 Å². The molecule has 2 heteroatoms. The van der Waals surface area contributed by atoms with Crippen molar-refractivity contribution in [3.05, 3.63) is 83.2 Å². The van der Waals surface area contributed by atoms with Crippen LogP contribution < -0.4 is 0 Å². The Morgan fingerprint density at radius 2 is 1.64 bits per heavy atom. The van der Waals surface area contributed by atoms with E-state index in [0.29, 0.717) is 11.5 Å². The van der Waals surface area contributed by atoms with Gasteiger partial charge in [0.25, 0.3) is 0 Å². The minimum atomic E-state index is 0.301. The average Bonchev–Trinajstić information content (AvgIpc) is 2.73. The quantitative estimate of drug-likeness (QED) is 0.419. The van der Waals surface area contributed by atoms with Gasteiger partial charge in [-0.1, -0.05) is 36.4 Å². The van der Waals surface area contributed by atoms with Gasteiger partial charge in [-0.3, -0.25) is 0 Å². The zero-order chi connectivity index (χ0) is 19.9. The highest BCUT2D eigenvalue weighted by Crippen LogP contribution is 2.40. The number of rotatable bonds is 5. The molecule has 3 rings (SSSR count). The van der Waals surface area contributed by atoms with Crippen LogP contribution in [0.25, 0.3) is 5.57 Å². The maximum Gasteiger partial charge on any atom is 0.115 e. The molecule has 2 nitrogen and oxygen atoms in total. The summed E-state index contributed by atoms with van der Waals surface area (Å²) in [6, 6.07) is 7.60. The highest BCUT2D eigenvalue weighted by Gasteiger charge is 2.26. The number of benzene rings is 1. The molecule has 0 heterocycles. The molecule has 2 aliphatic carbocycles. The lowest BCUT2D eigenvalue weighted by molar-refractivity contribution is 0.287. The number of phenolic OH excluding ortho intramolecular Hbond substituents is 1. The highest BCUT2D eigenvalue weighted by molar-refractivity contribution is 5.66. The number of hydrogen-bond acceptors (Lipinski definition) is 2. The van der Waals surface area contributed by atoms with E-state index < -0.39 is 0 Å². The first-order valence-electron chi connectivity index (χ1n) is 10.4. The Kier molecular flexibility index (Phi) is 6.97. The van der Waals surface area contributed by atoms with Crippen molar-refractivity contribution in [3.63, 3.8) is 0 Å². The monoisotopic (exact) mass is 376 g/mol. The predicted octanol–water partition coefficient (Wildman–Crippen LogP) is 7.27. The zero-order valence-electron chi connectivity index (χ0n) is 17.1. The van der Waals surface area contributed by atoms with Crippen molar-refractivity contribution in [1.82, 2.24) is 0 Å². The lowest BCUT2D eigenvalue weighted by Crippen LogP contribution is -2.19. The average molecular weight is 377 g/mol. The molecule has 2 unspecified atom stereocenters. The Balaban J connectivity index is 1.57. The van der Waals surface area contributed by atoms with Crippen LogP contribution in [0.1, 0.15) is 57.9 Å². The third-order valence-corrected chi connectivity index (χ3v) is 6.16. The number of aliphatic hydroxyl groups is 1. The maximum atomic E-state index is 9.72. The largest absolute Gasteiger partial charge is 0.508 e. The van der Waals surface area contributed by atoms with Crippen molar-refractivity contribution < 1.29 is 10.2 Å². The molecule has 0 saturated heterocycles. The Bertz CT molecular complexity index is 818. The molecule has 0 amide bonds. The predicted molar refractivity (Wildman–Crippen MR) is 118 cm³/mol. The Hall–Kier alpha value is -2.48. The second-order valence-electron chi connectivity index (χ2n) is 8.02. The van der Waals surface area contributed by atoms with Gasteiger partial charge in [0, 0.05) is 0 Å². The van der Waals surface area contributed by atoms with Crippen molar-refractivity contribution in [2.24, 2.45) is 11.8 Å². The summed E-state index contributed by atoms with van der Waals surface area (Å²) in [5.74, 6) is 2.19. The van der Waals surface area contributed by atoms with Gasteiger partial charge in [0.1, 0.15) is 11.5 Å². The molecule has 2 N–H and O–H groups in total. The highest BCUT2D eigenvalue weighted by atomic mass is 16.3. The van der Waals surface area contributed by atoms with Crippen molar-refractivity contribution in [1.29, 1.82) is 0 Å². The zero-order valence-corrected chi connectivity index (χ0v) is 17.1. The molecular weight excluding hydrogens is 344 g/mol. The third kappa shape index (κ3) is 5.28. The summed E-state index contributed by atoms with van der Waals surface area (Å²) in [7, 11) is 0. The van der Waals surface area contributed by atoms with E-state index in [1.54, 1.807) is 24.3 Å². The Morgan fingerprint density at radius 1 is 0.964 bits per heavy atom. The molecular formula is C26H32O2. The first kappa shape index (κ1) is 20.3. The molecule has 2 atom stereocenters. The van der Waals surface area contributed by atoms with Crippen molar-refractivity contribution in [2.45, 2.75) is 52.4 Å². The summed E-state index contributed by atoms with van der Waals surface area (Å²) in [5.41, 5.74) is 5.36. The molecule has 28 heavy (non-hydrogen) atoms. The summed E-state index contributed by atoms with van der Waals surface area (Å²) in [4.78, 5) is 0.